The van der Waals surface area contributed by atoms with Gasteiger partial charge in [0.15, 0.2) is 0 Å². The maximum absolute atomic E-state index is 12.5. The molecular weight excluding hydrogens is 328 g/mol. The van der Waals surface area contributed by atoms with Crippen LogP contribution in [0.25, 0.3) is 0 Å². The zero-order chi connectivity index (χ0) is 16.7. The third-order valence-electron chi connectivity index (χ3n) is 4.45. The number of phenolic OH excluding ortho intramolecular Hbond substituents is 1. The molecule has 2 aromatic carbocycles. The molecule has 2 N–H and O–H groups in total. The van der Waals surface area contributed by atoms with Crippen LogP contribution in [0.4, 0.5) is 0 Å². The van der Waals surface area contributed by atoms with Crippen molar-refractivity contribution in [3.05, 3.63) is 54.1 Å². The van der Waals surface area contributed by atoms with Crippen molar-refractivity contribution in [3.63, 3.8) is 0 Å². The number of fused-ring (bicyclic) bond motifs is 2. The molecule has 7 heteroatoms. The normalized spacial score (nSPS) is 25.3. The standard InChI is InChI=1S/C17H18N2O4S/c20-14-6-2-1-5-12(14)9-19-10-13-16(11-19)23-15-7-3-4-8-17(15)24(21,22)18-13/h1-8,13,16,18,20H,9-11H2/t13-,16+/m1/s1. The van der Waals surface area contributed by atoms with Crippen LogP contribution in [-0.2, 0) is 16.6 Å². The lowest BCUT2D eigenvalue weighted by Crippen LogP contribution is -2.42. The summed E-state index contributed by atoms with van der Waals surface area (Å²) in [6.45, 7) is 1.68. The Morgan fingerprint density at radius 3 is 2.71 bits per heavy atom. The number of benzene rings is 2. The van der Waals surface area contributed by atoms with Crippen LogP contribution in [0.15, 0.2) is 53.4 Å². The molecule has 6 nitrogen and oxygen atoms in total. The number of para-hydroxylation sites is 2. The number of ether oxygens (including phenoxy) is 1. The molecule has 24 heavy (non-hydrogen) atoms. The lowest BCUT2D eigenvalue weighted by Gasteiger charge is -2.17. The molecule has 2 aliphatic rings. The number of phenols is 1. The van der Waals surface area contributed by atoms with Crippen LogP contribution >= 0.6 is 0 Å². The van der Waals surface area contributed by atoms with Crippen molar-refractivity contribution in [2.24, 2.45) is 0 Å². The number of nitrogens with one attached hydrogen (secondary N) is 1. The van der Waals surface area contributed by atoms with E-state index >= 15 is 0 Å². The highest BCUT2D eigenvalue weighted by Gasteiger charge is 2.41. The van der Waals surface area contributed by atoms with Crippen LogP contribution in [0.1, 0.15) is 5.56 Å². The molecule has 1 fully saturated rings. The van der Waals surface area contributed by atoms with Gasteiger partial charge in [-0.3, -0.25) is 4.90 Å². The molecular formula is C17H18N2O4S. The Bertz CT molecular complexity index is 868. The summed E-state index contributed by atoms with van der Waals surface area (Å²) in [7, 11) is -3.59. The van der Waals surface area contributed by atoms with Gasteiger partial charge in [-0.2, -0.15) is 0 Å². The van der Waals surface area contributed by atoms with Gasteiger partial charge in [0.25, 0.3) is 0 Å². The predicted octanol–water partition coefficient (Wildman–Crippen LogP) is 1.32. The molecule has 0 spiro atoms. The Morgan fingerprint density at radius 2 is 1.88 bits per heavy atom. The van der Waals surface area contributed by atoms with Gasteiger partial charge in [0.2, 0.25) is 10.0 Å². The molecule has 0 aromatic heterocycles. The van der Waals surface area contributed by atoms with Crippen molar-refractivity contribution in [1.82, 2.24) is 9.62 Å². The minimum atomic E-state index is -3.59. The summed E-state index contributed by atoms with van der Waals surface area (Å²) in [6, 6.07) is 13.5. The van der Waals surface area contributed by atoms with Crippen LogP contribution < -0.4 is 9.46 Å². The number of likely N-dealkylation sites (tertiary alicyclic amines) is 1. The Morgan fingerprint density at radius 1 is 1.12 bits per heavy atom. The number of rotatable bonds is 2. The van der Waals surface area contributed by atoms with E-state index in [0.717, 1.165) is 5.56 Å². The molecule has 4 rings (SSSR count). The fourth-order valence-corrected chi connectivity index (χ4v) is 4.69. The van der Waals surface area contributed by atoms with E-state index in [2.05, 4.69) is 9.62 Å². The zero-order valence-electron chi connectivity index (χ0n) is 12.9. The maximum atomic E-state index is 12.5. The second-order valence-electron chi connectivity index (χ2n) is 6.15. The van der Waals surface area contributed by atoms with Gasteiger partial charge in [0.05, 0.1) is 6.04 Å². The number of aromatic hydroxyl groups is 1. The minimum absolute atomic E-state index is 0.187. The monoisotopic (exact) mass is 346 g/mol. The second-order valence-corrected chi connectivity index (χ2v) is 7.84. The maximum Gasteiger partial charge on any atom is 0.244 e. The molecule has 2 heterocycles. The summed E-state index contributed by atoms with van der Waals surface area (Å²) < 4.78 is 33.7. The van der Waals surface area contributed by atoms with Gasteiger partial charge in [-0.15, -0.1) is 0 Å². The SMILES string of the molecule is O=S1(=O)N[C@@H]2CN(Cc3ccccc3O)C[C@@H]2Oc2ccccc21. The van der Waals surface area contributed by atoms with E-state index in [1.54, 1.807) is 36.4 Å². The van der Waals surface area contributed by atoms with Crippen molar-refractivity contribution < 1.29 is 18.3 Å². The molecule has 0 radical (unpaired) electrons. The smallest absolute Gasteiger partial charge is 0.244 e. The van der Waals surface area contributed by atoms with Crippen LogP contribution in [0, 0.1) is 0 Å². The van der Waals surface area contributed by atoms with E-state index in [9.17, 15) is 13.5 Å². The van der Waals surface area contributed by atoms with Crippen molar-refractivity contribution >= 4 is 10.0 Å². The zero-order valence-corrected chi connectivity index (χ0v) is 13.7. The largest absolute Gasteiger partial charge is 0.508 e. The number of nitrogens with zero attached hydrogens (tertiary/aromatic N) is 1. The van der Waals surface area contributed by atoms with Gasteiger partial charge in [0, 0.05) is 25.2 Å². The second kappa shape index (κ2) is 5.77. The van der Waals surface area contributed by atoms with E-state index < -0.39 is 10.0 Å². The summed E-state index contributed by atoms with van der Waals surface area (Å²) in [5, 5.41) is 9.92. The van der Waals surface area contributed by atoms with Crippen molar-refractivity contribution in [3.8, 4) is 11.5 Å². The predicted molar refractivity (Wildman–Crippen MR) is 88.4 cm³/mol. The highest BCUT2D eigenvalue weighted by molar-refractivity contribution is 7.89. The Labute approximate surface area is 140 Å². The highest BCUT2D eigenvalue weighted by Crippen LogP contribution is 2.31. The summed E-state index contributed by atoms with van der Waals surface area (Å²) >= 11 is 0. The van der Waals surface area contributed by atoms with Crippen LogP contribution in [0.3, 0.4) is 0 Å². The van der Waals surface area contributed by atoms with E-state index in [1.165, 1.54) is 0 Å². The molecule has 2 aliphatic heterocycles. The van der Waals surface area contributed by atoms with Gasteiger partial charge < -0.3 is 9.84 Å². The van der Waals surface area contributed by atoms with Gasteiger partial charge in [0.1, 0.15) is 22.5 Å². The van der Waals surface area contributed by atoms with Gasteiger partial charge in [-0.05, 0) is 18.2 Å². The van der Waals surface area contributed by atoms with Crippen LogP contribution in [0.2, 0.25) is 0 Å². The lowest BCUT2D eigenvalue weighted by molar-refractivity contribution is 0.183. The lowest BCUT2D eigenvalue weighted by atomic mass is 10.2. The average Bonchev–Trinajstić information content (AvgIpc) is 2.86. The number of hydrogen-bond donors (Lipinski definition) is 2. The van der Waals surface area contributed by atoms with E-state index in [4.69, 9.17) is 4.74 Å². The topological polar surface area (TPSA) is 78.9 Å². The van der Waals surface area contributed by atoms with Crippen molar-refractivity contribution in [1.29, 1.82) is 0 Å². The first-order valence-corrected chi connectivity index (χ1v) is 9.28. The molecule has 0 saturated carbocycles. The Hall–Kier alpha value is -2.09. The summed E-state index contributed by atoms with van der Waals surface area (Å²) in [5.41, 5.74) is 0.817. The number of hydrogen-bond acceptors (Lipinski definition) is 5. The molecule has 0 bridgehead atoms. The quantitative estimate of drug-likeness (QED) is 0.857. The summed E-state index contributed by atoms with van der Waals surface area (Å²) in [6.07, 6.45) is -0.255. The first-order valence-electron chi connectivity index (χ1n) is 7.80. The fourth-order valence-electron chi connectivity index (χ4n) is 3.29. The molecule has 0 aliphatic carbocycles. The summed E-state index contributed by atoms with van der Waals surface area (Å²) in [5.74, 6) is 0.637. The molecule has 2 atom stereocenters. The van der Waals surface area contributed by atoms with E-state index in [1.807, 2.05) is 12.1 Å². The van der Waals surface area contributed by atoms with Crippen LogP contribution in [0.5, 0.6) is 11.5 Å². The van der Waals surface area contributed by atoms with Gasteiger partial charge in [-0.1, -0.05) is 30.3 Å². The average molecular weight is 346 g/mol. The number of sulfonamides is 1. The molecule has 0 unspecified atom stereocenters. The molecule has 0 amide bonds. The van der Waals surface area contributed by atoms with E-state index in [0.29, 0.717) is 25.4 Å². The minimum Gasteiger partial charge on any atom is -0.508 e. The third kappa shape index (κ3) is 2.75. The van der Waals surface area contributed by atoms with Gasteiger partial charge in [-0.25, -0.2) is 13.1 Å². The first-order chi connectivity index (χ1) is 11.5. The molecule has 126 valence electrons. The van der Waals surface area contributed by atoms with Crippen molar-refractivity contribution in [2.45, 2.75) is 23.6 Å². The van der Waals surface area contributed by atoms with Crippen LogP contribution in [-0.4, -0.2) is 43.7 Å². The van der Waals surface area contributed by atoms with E-state index in [-0.39, 0.29) is 22.8 Å². The first kappa shape index (κ1) is 15.4. The third-order valence-corrected chi connectivity index (χ3v) is 5.98. The molecule has 1 saturated heterocycles. The Kier molecular flexibility index (Phi) is 3.71. The van der Waals surface area contributed by atoms with Gasteiger partial charge >= 0.3 is 0 Å². The van der Waals surface area contributed by atoms with Crippen molar-refractivity contribution in [2.75, 3.05) is 13.1 Å². The summed E-state index contributed by atoms with van der Waals surface area (Å²) in [4.78, 5) is 2.27. The Balaban J connectivity index is 1.57. The molecule has 2 aromatic rings. The fraction of sp³-hybridized carbons (Fsp3) is 0.294. The highest BCUT2D eigenvalue weighted by atomic mass is 32.2.